The molecule has 0 bridgehead atoms. The van der Waals surface area contributed by atoms with Crippen LogP contribution in [0.15, 0.2) is 0 Å². The predicted molar refractivity (Wildman–Crippen MR) is 62.5 cm³/mol. The number of hydrogen-bond donors (Lipinski definition) is 1. The Morgan fingerprint density at radius 3 is 2.46 bits per heavy atom. The number of likely N-dealkylation sites (tertiary alicyclic amines) is 1. The molecule has 2 nitrogen and oxygen atoms in total. The average Bonchev–Trinajstić information content (AvgIpc) is 2.17. The molecule has 1 fully saturated rings. The highest BCUT2D eigenvalue weighted by molar-refractivity contribution is 14.1. The SMILES string of the molecule is OCC[N+]1(CC#CI)CCCCC1. The summed E-state index contributed by atoms with van der Waals surface area (Å²) < 4.78 is 3.94. The topological polar surface area (TPSA) is 20.2 Å². The van der Waals surface area contributed by atoms with Crippen LogP contribution in [-0.2, 0) is 0 Å². The molecule has 0 atom stereocenters. The highest BCUT2D eigenvalue weighted by atomic mass is 127. The van der Waals surface area contributed by atoms with Gasteiger partial charge in [-0.05, 0) is 29.1 Å². The molecule has 0 aromatic rings. The van der Waals surface area contributed by atoms with Gasteiger partial charge in [-0.2, -0.15) is 0 Å². The van der Waals surface area contributed by atoms with Gasteiger partial charge in [-0.25, -0.2) is 0 Å². The van der Waals surface area contributed by atoms with E-state index in [1.54, 1.807) is 0 Å². The number of nitrogens with zero attached hydrogens (tertiary/aromatic N) is 1. The van der Waals surface area contributed by atoms with E-state index in [-0.39, 0.29) is 0 Å². The van der Waals surface area contributed by atoms with Gasteiger partial charge in [0.1, 0.15) is 13.1 Å². The second-order valence-corrected chi connectivity index (χ2v) is 4.27. The molecular formula is C10H17INO+. The summed E-state index contributed by atoms with van der Waals surface area (Å²) in [5.74, 6) is 3.14. The number of hydrogen-bond acceptors (Lipinski definition) is 1. The van der Waals surface area contributed by atoms with E-state index in [9.17, 15) is 0 Å². The fourth-order valence-corrected chi connectivity index (χ4v) is 2.22. The summed E-state index contributed by atoms with van der Waals surface area (Å²) in [5.41, 5.74) is 0. The monoisotopic (exact) mass is 294 g/mol. The Morgan fingerprint density at radius 1 is 1.23 bits per heavy atom. The molecule has 0 unspecified atom stereocenters. The van der Waals surface area contributed by atoms with Crippen LogP contribution in [0.5, 0.6) is 0 Å². The summed E-state index contributed by atoms with van der Waals surface area (Å²) in [7, 11) is 0. The Bertz CT molecular complexity index is 195. The molecule has 3 heteroatoms. The van der Waals surface area contributed by atoms with Crippen molar-refractivity contribution in [3.05, 3.63) is 0 Å². The lowest BCUT2D eigenvalue weighted by molar-refractivity contribution is -0.926. The van der Waals surface area contributed by atoms with Gasteiger partial charge in [0.25, 0.3) is 0 Å². The highest BCUT2D eigenvalue weighted by Crippen LogP contribution is 2.17. The third kappa shape index (κ3) is 3.45. The van der Waals surface area contributed by atoms with Gasteiger partial charge in [0.05, 0.1) is 19.7 Å². The lowest BCUT2D eigenvalue weighted by atomic mass is 10.1. The number of rotatable bonds is 3. The molecule has 0 aromatic carbocycles. The van der Waals surface area contributed by atoms with Crippen LogP contribution < -0.4 is 0 Å². The summed E-state index contributed by atoms with van der Waals surface area (Å²) in [6.07, 6.45) is 3.94. The van der Waals surface area contributed by atoms with Crippen LogP contribution >= 0.6 is 22.6 Å². The predicted octanol–water partition coefficient (Wildman–Crippen LogP) is 1.38. The molecule has 1 aliphatic heterocycles. The molecule has 1 N–H and O–H groups in total. The zero-order chi connectivity index (χ0) is 9.57. The van der Waals surface area contributed by atoms with Crippen molar-refractivity contribution in [3.8, 4) is 9.85 Å². The maximum absolute atomic E-state index is 9.02. The van der Waals surface area contributed by atoms with Crippen molar-refractivity contribution in [1.82, 2.24) is 0 Å². The van der Waals surface area contributed by atoms with Crippen LogP contribution in [-0.4, -0.2) is 42.4 Å². The number of quaternary nitrogens is 1. The third-order valence-electron chi connectivity index (χ3n) is 2.82. The fourth-order valence-electron chi connectivity index (χ4n) is 2.05. The molecule has 0 aliphatic carbocycles. The summed E-state index contributed by atoms with van der Waals surface area (Å²) >= 11 is 2.09. The van der Waals surface area contributed by atoms with Crippen molar-refractivity contribution in [2.45, 2.75) is 19.3 Å². The van der Waals surface area contributed by atoms with Gasteiger partial charge in [-0.15, -0.1) is 0 Å². The van der Waals surface area contributed by atoms with Gasteiger partial charge in [-0.1, -0.05) is 0 Å². The Kier molecular flexibility index (Phi) is 5.07. The molecule has 0 amide bonds. The van der Waals surface area contributed by atoms with Crippen LogP contribution in [0.25, 0.3) is 0 Å². The quantitative estimate of drug-likeness (QED) is 0.473. The first-order chi connectivity index (χ1) is 6.33. The lowest BCUT2D eigenvalue weighted by Crippen LogP contribution is -2.53. The molecular weight excluding hydrogens is 277 g/mol. The highest BCUT2D eigenvalue weighted by Gasteiger charge is 2.27. The molecule has 0 aromatic heterocycles. The molecule has 0 radical (unpaired) electrons. The van der Waals surface area contributed by atoms with Gasteiger partial charge in [-0.3, -0.25) is 0 Å². The zero-order valence-electron chi connectivity index (χ0n) is 7.93. The van der Waals surface area contributed by atoms with E-state index in [0.29, 0.717) is 6.61 Å². The van der Waals surface area contributed by atoms with Crippen molar-refractivity contribution in [2.24, 2.45) is 0 Å². The van der Waals surface area contributed by atoms with Gasteiger partial charge < -0.3 is 9.59 Å². The molecule has 1 rings (SSSR count). The summed E-state index contributed by atoms with van der Waals surface area (Å²) in [4.78, 5) is 0. The normalized spacial score (nSPS) is 20.5. The zero-order valence-corrected chi connectivity index (χ0v) is 10.1. The van der Waals surface area contributed by atoms with E-state index in [2.05, 4.69) is 32.4 Å². The van der Waals surface area contributed by atoms with Crippen molar-refractivity contribution in [2.75, 3.05) is 32.8 Å². The second-order valence-electron chi connectivity index (χ2n) is 3.73. The van der Waals surface area contributed by atoms with Crippen molar-refractivity contribution >= 4 is 22.6 Å². The lowest BCUT2D eigenvalue weighted by Gasteiger charge is -2.39. The maximum Gasteiger partial charge on any atom is 0.141 e. The standard InChI is InChI=1S/C10H17INO/c11-5-4-8-12(9-10-13)6-2-1-3-7-12/h13H,1-3,6-10H2/q+1. The van der Waals surface area contributed by atoms with E-state index in [1.807, 2.05) is 0 Å². The summed E-state index contributed by atoms with van der Waals surface area (Å²) in [5, 5.41) is 9.02. The number of aliphatic hydroxyl groups excluding tert-OH is 1. The average molecular weight is 294 g/mol. The van der Waals surface area contributed by atoms with E-state index < -0.39 is 0 Å². The molecule has 0 spiro atoms. The van der Waals surface area contributed by atoms with Crippen LogP contribution in [0.4, 0.5) is 0 Å². The molecule has 74 valence electrons. The van der Waals surface area contributed by atoms with Crippen molar-refractivity contribution in [1.29, 1.82) is 0 Å². The maximum atomic E-state index is 9.02. The second kappa shape index (κ2) is 5.84. The molecule has 13 heavy (non-hydrogen) atoms. The fraction of sp³-hybridized carbons (Fsp3) is 0.800. The van der Waals surface area contributed by atoms with E-state index in [4.69, 9.17) is 5.11 Å². The van der Waals surface area contributed by atoms with E-state index in [0.717, 1.165) is 17.6 Å². The van der Waals surface area contributed by atoms with Gasteiger partial charge >= 0.3 is 0 Å². The largest absolute Gasteiger partial charge is 0.391 e. The Labute approximate surface area is 94.0 Å². The van der Waals surface area contributed by atoms with Crippen LogP contribution in [0.2, 0.25) is 0 Å². The van der Waals surface area contributed by atoms with E-state index in [1.165, 1.54) is 32.4 Å². The Balaban J connectivity index is 2.53. The minimum absolute atomic E-state index is 0.295. The van der Waals surface area contributed by atoms with Crippen molar-refractivity contribution < 1.29 is 9.59 Å². The van der Waals surface area contributed by atoms with Crippen LogP contribution in [0.3, 0.4) is 0 Å². The first kappa shape index (κ1) is 11.3. The molecule has 0 saturated carbocycles. The van der Waals surface area contributed by atoms with Crippen LogP contribution in [0, 0.1) is 9.85 Å². The van der Waals surface area contributed by atoms with Gasteiger partial charge in [0.2, 0.25) is 0 Å². The van der Waals surface area contributed by atoms with Crippen molar-refractivity contribution in [3.63, 3.8) is 0 Å². The van der Waals surface area contributed by atoms with Gasteiger partial charge in [0.15, 0.2) is 0 Å². The first-order valence-electron chi connectivity index (χ1n) is 4.87. The molecule has 1 aliphatic rings. The summed E-state index contributed by atoms with van der Waals surface area (Å²) in [6.45, 7) is 4.50. The van der Waals surface area contributed by atoms with Crippen LogP contribution in [0.1, 0.15) is 19.3 Å². The molecule has 1 saturated heterocycles. The number of aliphatic hydroxyl groups is 1. The minimum atomic E-state index is 0.295. The smallest absolute Gasteiger partial charge is 0.141 e. The van der Waals surface area contributed by atoms with E-state index >= 15 is 0 Å². The number of piperidine rings is 1. The molecule has 1 heterocycles. The number of halogens is 1. The Morgan fingerprint density at radius 2 is 1.92 bits per heavy atom. The Hall–Kier alpha value is 0.210. The van der Waals surface area contributed by atoms with Gasteiger partial charge in [0, 0.05) is 22.6 Å². The summed E-state index contributed by atoms with van der Waals surface area (Å²) in [6, 6.07) is 0. The first-order valence-corrected chi connectivity index (χ1v) is 5.95. The third-order valence-corrected chi connectivity index (χ3v) is 3.20. The minimum Gasteiger partial charge on any atom is -0.391 e.